The number of hydrazone groups is 1. The summed E-state index contributed by atoms with van der Waals surface area (Å²) in [4.78, 5) is 23.8. The van der Waals surface area contributed by atoms with Gasteiger partial charge in [0.15, 0.2) is 0 Å². The second kappa shape index (κ2) is 9.34. The van der Waals surface area contributed by atoms with E-state index < -0.39 is 0 Å². The molecule has 33 heavy (non-hydrogen) atoms. The average molecular weight is 455 g/mol. The zero-order valence-electron chi connectivity index (χ0n) is 17.8. The fraction of sp³-hybridized carbons (Fsp3) is 0.154. The van der Waals surface area contributed by atoms with Crippen LogP contribution in [0.15, 0.2) is 90.4 Å². The lowest BCUT2D eigenvalue weighted by atomic mass is 9.98. The predicted octanol–water partition coefficient (Wildman–Crippen LogP) is 5.02. The van der Waals surface area contributed by atoms with E-state index in [2.05, 4.69) is 15.1 Å². The van der Waals surface area contributed by atoms with Crippen molar-refractivity contribution >= 4 is 23.0 Å². The van der Waals surface area contributed by atoms with Crippen LogP contribution in [0.25, 0.3) is 0 Å². The smallest absolute Gasteiger partial charge is 0.284 e. The van der Waals surface area contributed by atoms with E-state index in [9.17, 15) is 9.90 Å². The fourth-order valence-corrected chi connectivity index (χ4v) is 4.89. The third-order valence-electron chi connectivity index (χ3n) is 5.64. The summed E-state index contributed by atoms with van der Waals surface area (Å²) in [6.07, 6.45) is 7.40. The van der Waals surface area contributed by atoms with Crippen LogP contribution in [0.2, 0.25) is 0 Å². The van der Waals surface area contributed by atoms with Crippen LogP contribution in [0, 0.1) is 0 Å². The molecule has 1 N–H and O–H groups in total. The number of hydrogen-bond donors (Lipinski definition) is 1. The van der Waals surface area contributed by atoms with Crippen molar-refractivity contribution in [1.82, 2.24) is 15.0 Å². The number of hydrogen-bond acceptors (Lipinski definition) is 6. The van der Waals surface area contributed by atoms with Gasteiger partial charge in [-0.05, 0) is 49.2 Å². The molecule has 5 rings (SSSR count). The van der Waals surface area contributed by atoms with Crippen molar-refractivity contribution in [3.05, 3.63) is 112 Å². The maximum atomic E-state index is 13.5. The number of nitrogens with zero attached hydrogens (tertiary/aromatic N) is 4. The molecule has 0 saturated carbocycles. The first-order chi connectivity index (χ1) is 16.2. The topological polar surface area (TPSA) is 78.7 Å². The quantitative estimate of drug-likeness (QED) is 0.444. The summed E-state index contributed by atoms with van der Waals surface area (Å²) in [6.45, 7) is 0. The molecule has 0 aliphatic carbocycles. The highest BCUT2D eigenvalue weighted by molar-refractivity contribution is 7.14. The van der Waals surface area contributed by atoms with Crippen LogP contribution in [-0.2, 0) is 12.8 Å². The molecule has 1 aliphatic heterocycles. The molecule has 1 aliphatic rings. The molecule has 6 nitrogen and oxygen atoms in total. The number of carbonyl (C=O) groups excluding carboxylic acids is 1. The summed E-state index contributed by atoms with van der Waals surface area (Å²) in [5.74, 6) is -0.0126. The monoisotopic (exact) mass is 454 g/mol. The van der Waals surface area contributed by atoms with E-state index in [0.29, 0.717) is 16.9 Å². The number of para-hydroxylation sites is 1. The Morgan fingerprint density at radius 2 is 1.88 bits per heavy atom. The Kier molecular flexibility index (Phi) is 5.95. The molecule has 0 radical (unpaired) electrons. The molecule has 0 saturated heterocycles. The molecule has 1 amide bonds. The molecule has 4 aromatic rings. The molecule has 4 heterocycles. The van der Waals surface area contributed by atoms with Crippen LogP contribution in [-0.4, -0.2) is 31.7 Å². The van der Waals surface area contributed by atoms with Gasteiger partial charge in [0.2, 0.25) is 0 Å². The minimum absolute atomic E-state index is 0.158. The van der Waals surface area contributed by atoms with Gasteiger partial charge in [0.1, 0.15) is 5.75 Å². The van der Waals surface area contributed by atoms with E-state index in [0.717, 1.165) is 34.7 Å². The minimum Gasteiger partial charge on any atom is -0.508 e. The Labute approximate surface area is 195 Å². The number of rotatable bonds is 6. The van der Waals surface area contributed by atoms with Crippen LogP contribution in [0.1, 0.15) is 43.8 Å². The van der Waals surface area contributed by atoms with Crippen molar-refractivity contribution in [2.45, 2.75) is 25.3 Å². The number of phenolic OH excluding ortho intramolecular Hbond substituents is 1. The minimum atomic E-state index is -0.382. The van der Waals surface area contributed by atoms with E-state index in [1.807, 2.05) is 54.6 Å². The summed E-state index contributed by atoms with van der Waals surface area (Å²) in [5, 5.41) is 16.7. The number of pyridine rings is 2. The number of aromatic hydroxyl groups is 1. The van der Waals surface area contributed by atoms with Gasteiger partial charge in [0, 0.05) is 46.7 Å². The number of phenols is 1. The van der Waals surface area contributed by atoms with Crippen molar-refractivity contribution in [3.8, 4) is 5.75 Å². The number of amides is 1. The number of aryl methyl sites for hydroxylation is 2. The van der Waals surface area contributed by atoms with Gasteiger partial charge in [-0.25, -0.2) is 5.01 Å². The van der Waals surface area contributed by atoms with Crippen molar-refractivity contribution in [2.24, 2.45) is 5.10 Å². The highest BCUT2D eigenvalue weighted by atomic mass is 32.1. The Bertz CT molecular complexity index is 1290. The van der Waals surface area contributed by atoms with Gasteiger partial charge in [-0.3, -0.25) is 14.8 Å². The molecular weight excluding hydrogens is 432 g/mol. The van der Waals surface area contributed by atoms with Crippen molar-refractivity contribution in [3.63, 3.8) is 0 Å². The molecule has 1 atom stereocenters. The lowest BCUT2D eigenvalue weighted by molar-refractivity contribution is 0.0714. The first kappa shape index (κ1) is 21.0. The van der Waals surface area contributed by atoms with Gasteiger partial charge in [0.05, 0.1) is 16.6 Å². The second-order valence-corrected chi connectivity index (χ2v) is 8.97. The van der Waals surface area contributed by atoms with Gasteiger partial charge < -0.3 is 5.11 Å². The van der Waals surface area contributed by atoms with E-state index >= 15 is 0 Å². The largest absolute Gasteiger partial charge is 0.508 e. The molecule has 1 unspecified atom stereocenters. The Morgan fingerprint density at radius 1 is 1.00 bits per heavy atom. The standard InChI is InChI=1S/C26H22N4O2S/c31-24-9-2-1-8-21(24)23-16-22(18-6-5-14-27-17-18)29-30(23)26(32)25-13-12-20(33-25)11-10-19-7-3-4-15-28-19/h1-9,12-15,17,23,31H,10-11,16H2. The first-order valence-electron chi connectivity index (χ1n) is 10.8. The van der Waals surface area contributed by atoms with E-state index in [1.165, 1.54) is 16.3 Å². The summed E-state index contributed by atoms with van der Waals surface area (Å²) < 4.78 is 0. The highest BCUT2D eigenvalue weighted by Crippen LogP contribution is 2.38. The fourth-order valence-electron chi connectivity index (χ4n) is 3.95. The Morgan fingerprint density at radius 3 is 2.67 bits per heavy atom. The zero-order valence-corrected chi connectivity index (χ0v) is 18.7. The zero-order chi connectivity index (χ0) is 22.6. The van der Waals surface area contributed by atoms with Crippen LogP contribution in [0.4, 0.5) is 0 Å². The van der Waals surface area contributed by atoms with Crippen LogP contribution in [0.5, 0.6) is 5.75 Å². The first-order valence-corrected chi connectivity index (χ1v) is 11.6. The van der Waals surface area contributed by atoms with Crippen LogP contribution in [0.3, 0.4) is 0 Å². The molecular formula is C26H22N4O2S. The molecule has 0 spiro atoms. The third-order valence-corrected chi connectivity index (χ3v) is 6.77. The molecule has 7 heteroatoms. The number of carbonyl (C=O) groups is 1. The molecule has 0 bridgehead atoms. The molecule has 0 fully saturated rings. The number of benzene rings is 1. The van der Waals surface area contributed by atoms with E-state index in [-0.39, 0.29) is 17.7 Å². The van der Waals surface area contributed by atoms with E-state index in [4.69, 9.17) is 0 Å². The maximum Gasteiger partial charge on any atom is 0.284 e. The predicted molar refractivity (Wildman–Crippen MR) is 128 cm³/mol. The average Bonchev–Trinajstić information content (AvgIpc) is 3.52. The molecule has 3 aromatic heterocycles. The molecule has 1 aromatic carbocycles. The van der Waals surface area contributed by atoms with Gasteiger partial charge in [-0.15, -0.1) is 11.3 Å². The molecule has 164 valence electrons. The maximum absolute atomic E-state index is 13.5. The van der Waals surface area contributed by atoms with Crippen LogP contribution >= 0.6 is 11.3 Å². The lowest BCUT2D eigenvalue weighted by Gasteiger charge is -2.22. The summed E-state index contributed by atoms with van der Waals surface area (Å²) >= 11 is 1.48. The number of thiophene rings is 1. The van der Waals surface area contributed by atoms with Gasteiger partial charge in [-0.1, -0.05) is 30.3 Å². The van der Waals surface area contributed by atoms with Crippen LogP contribution < -0.4 is 0 Å². The van der Waals surface area contributed by atoms with E-state index in [1.54, 1.807) is 30.7 Å². The summed E-state index contributed by atoms with van der Waals surface area (Å²) in [5.41, 5.74) is 3.36. The summed E-state index contributed by atoms with van der Waals surface area (Å²) in [6, 6.07) is 20.3. The Balaban J connectivity index is 1.41. The Hall–Kier alpha value is -3.84. The van der Waals surface area contributed by atoms with Crippen molar-refractivity contribution < 1.29 is 9.90 Å². The van der Waals surface area contributed by atoms with Gasteiger partial charge in [0.25, 0.3) is 5.91 Å². The van der Waals surface area contributed by atoms with Crippen molar-refractivity contribution in [2.75, 3.05) is 0 Å². The normalized spacial score (nSPS) is 15.5. The second-order valence-electron chi connectivity index (χ2n) is 7.80. The summed E-state index contributed by atoms with van der Waals surface area (Å²) in [7, 11) is 0. The highest BCUT2D eigenvalue weighted by Gasteiger charge is 2.35. The van der Waals surface area contributed by atoms with Crippen molar-refractivity contribution in [1.29, 1.82) is 0 Å². The number of aromatic nitrogens is 2. The van der Waals surface area contributed by atoms with Gasteiger partial charge >= 0.3 is 0 Å². The lowest BCUT2D eigenvalue weighted by Crippen LogP contribution is -2.26. The third kappa shape index (κ3) is 4.54. The SMILES string of the molecule is O=C(c1ccc(CCc2ccccn2)s1)N1N=C(c2cccnc2)CC1c1ccccc1O. The van der Waals surface area contributed by atoms with Gasteiger partial charge in [-0.2, -0.15) is 5.10 Å².